The Hall–Kier alpha value is -3.28. The molecule has 1 atom stereocenters. The summed E-state index contributed by atoms with van der Waals surface area (Å²) in [5, 5.41) is 2.88. The fourth-order valence-electron chi connectivity index (χ4n) is 3.13. The SMILES string of the molecule is COc1ccc([C@@H]2NC(=O)N(C)C(C)=C2C(=O)OCCc2ccccc2)cc1. The molecule has 0 fully saturated rings. The van der Waals surface area contributed by atoms with E-state index in [1.54, 1.807) is 33.2 Å². The van der Waals surface area contributed by atoms with Crippen LogP contribution in [0.4, 0.5) is 4.79 Å². The molecule has 1 N–H and O–H groups in total. The first kappa shape index (κ1) is 19.5. The third-order valence-electron chi connectivity index (χ3n) is 4.89. The van der Waals surface area contributed by atoms with Crippen LogP contribution >= 0.6 is 0 Å². The van der Waals surface area contributed by atoms with Crippen LogP contribution < -0.4 is 10.1 Å². The van der Waals surface area contributed by atoms with Gasteiger partial charge in [0.15, 0.2) is 0 Å². The molecule has 0 unspecified atom stereocenters. The highest BCUT2D eigenvalue weighted by Gasteiger charge is 2.34. The Kier molecular flexibility index (Phi) is 5.99. The number of ether oxygens (including phenoxy) is 2. The molecule has 3 rings (SSSR count). The molecule has 1 heterocycles. The monoisotopic (exact) mass is 380 g/mol. The largest absolute Gasteiger partial charge is 0.497 e. The van der Waals surface area contributed by atoms with E-state index in [9.17, 15) is 9.59 Å². The van der Waals surface area contributed by atoms with E-state index in [1.807, 2.05) is 42.5 Å². The van der Waals surface area contributed by atoms with Crippen LogP contribution in [0, 0.1) is 0 Å². The van der Waals surface area contributed by atoms with Crippen molar-refractivity contribution < 1.29 is 19.1 Å². The van der Waals surface area contributed by atoms with Crippen molar-refractivity contribution in [1.82, 2.24) is 10.2 Å². The van der Waals surface area contributed by atoms with Crippen LogP contribution in [0.5, 0.6) is 5.75 Å². The third-order valence-corrected chi connectivity index (χ3v) is 4.89. The Morgan fingerprint density at radius 3 is 2.43 bits per heavy atom. The summed E-state index contributed by atoms with van der Waals surface area (Å²) >= 11 is 0. The topological polar surface area (TPSA) is 67.9 Å². The maximum Gasteiger partial charge on any atom is 0.338 e. The van der Waals surface area contributed by atoms with E-state index >= 15 is 0 Å². The molecule has 0 saturated carbocycles. The van der Waals surface area contributed by atoms with Crippen LogP contribution in [0.1, 0.15) is 24.1 Å². The number of nitrogens with one attached hydrogen (secondary N) is 1. The van der Waals surface area contributed by atoms with Crippen molar-refractivity contribution in [2.75, 3.05) is 20.8 Å². The first-order valence-corrected chi connectivity index (χ1v) is 9.11. The molecule has 6 heteroatoms. The van der Waals surface area contributed by atoms with Gasteiger partial charge in [0.05, 0.1) is 25.3 Å². The lowest BCUT2D eigenvalue weighted by Crippen LogP contribution is -2.46. The number of esters is 1. The highest BCUT2D eigenvalue weighted by Crippen LogP contribution is 2.31. The zero-order chi connectivity index (χ0) is 20.1. The van der Waals surface area contributed by atoms with E-state index in [0.29, 0.717) is 23.4 Å². The maximum absolute atomic E-state index is 12.9. The van der Waals surface area contributed by atoms with Crippen LogP contribution in [-0.4, -0.2) is 37.7 Å². The molecule has 146 valence electrons. The van der Waals surface area contributed by atoms with E-state index in [0.717, 1.165) is 11.1 Å². The number of benzene rings is 2. The maximum atomic E-state index is 12.9. The van der Waals surface area contributed by atoms with Crippen molar-refractivity contribution >= 4 is 12.0 Å². The van der Waals surface area contributed by atoms with Crippen LogP contribution in [0.15, 0.2) is 65.9 Å². The van der Waals surface area contributed by atoms with Gasteiger partial charge >= 0.3 is 12.0 Å². The number of carbonyl (C=O) groups excluding carboxylic acids is 2. The molecule has 28 heavy (non-hydrogen) atoms. The average molecular weight is 380 g/mol. The van der Waals surface area contributed by atoms with Gasteiger partial charge in [-0.15, -0.1) is 0 Å². The van der Waals surface area contributed by atoms with E-state index in [2.05, 4.69) is 5.32 Å². The molecule has 0 spiro atoms. The van der Waals surface area contributed by atoms with Gasteiger partial charge in [0.2, 0.25) is 0 Å². The van der Waals surface area contributed by atoms with Crippen molar-refractivity contribution in [3.05, 3.63) is 77.0 Å². The molecule has 0 saturated heterocycles. The lowest BCUT2D eigenvalue weighted by atomic mass is 9.95. The number of hydrogen-bond acceptors (Lipinski definition) is 4. The van der Waals surface area contributed by atoms with Crippen molar-refractivity contribution in [1.29, 1.82) is 0 Å². The standard InChI is InChI=1S/C22H24N2O4/c1-15-19(21(25)28-14-13-16-7-5-4-6-8-16)20(23-22(26)24(15)2)17-9-11-18(27-3)12-10-17/h4-12,20H,13-14H2,1-3H3,(H,23,26)/t20-/m0/s1. The molecular formula is C22H24N2O4. The van der Waals surface area contributed by atoms with Gasteiger partial charge in [0.25, 0.3) is 0 Å². The summed E-state index contributed by atoms with van der Waals surface area (Å²) in [6, 6.07) is 16.3. The van der Waals surface area contributed by atoms with E-state index in [-0.39, 0.29) is 12.6 Å². The molecule has 6 nitrogen and oxygen atoms in total. The molecule has 0 bridgehead atoms. The number of amides is 2. The molecule has 1 aliphatic rings. The first-order valence-electron chi connectivity index (χ1n) is 9.11. The summed E-state index contributed by atoms with van der Waals surface area (Å²) in [5.74, 6) is 0.275. The van der Waals surface area contributed by atoms with Crippen LogP contribution in [0.25, 0.3) is 0 Å². The molecule has 0 aromatic heterocycles. The Morgan fingerprint density at radius 2 is 1.79 bits per heavy atom. The van der Waals surface area contributed by atoms with E-state index in [4.69, 9.17) is 9.47 Å². The predicted octanol–water partition coefficient (Wildman–Crippen LogP) is 3.45. The second kappa shape index (κ2) is 8.61. The predicted molar refractivity (Wildman–Crippen MR) is 106 cm³/mol. The Balaban J connectivity index is 1.80. The number of carbonyl (C=O) groups is 2. The average Bonchev–Trinajstić information content (AvgIpc) is 2.72. The van der Waals surface area contributed by atoms with Gasteiger partial charge in [-0.25, -0.2) is 9.59 Å². The summed E-state index contributed by atoms with van der Waals surface area (Å²) < 4.78 is 10.7. The minimum Gasteiger partial charge on any atom is -0.497 e. The van der Waals surface area contributed by atoms with Crippen molar-refractivity contribution in [3.8, 4) is 5.75 Å². The molecule has 2 aromatic rings. The molecule has 1 aliphatic heterocycles. The lowest BCUT2D eigenvalue weighted by Gasteiger charge is -2.33. The molecule has 0 aliphatic carbocycles. The van der Waals surface area contributed by atoms with Crippen LogP contribution in [-0.2, 0) is 16.0 Å². The number of rotatable bonds is 6. The molecule has 2 amide bonds. The van der Waals surface area contributed by atoms with Crippen LogP contribution in [0.2, 0.25) is 0 Å². The van der Waals surface area contributed by atoms with Crippen LogP contribution in [0.3, 0.4) is 0 Å². The summed E-state index contributed by atoms with van der Waals surface area (Å²) in [6.07, 6.45) is 0.633. The van der Waals surface area contributed by atoms with Gasteiger partial charge in [-0.05, 0) is 30.2 Å². The first-order chi connectivity index (χ1) is 13.5. The lowest BCUT2D eigenvalue weighted by molar-refractivity contribution is -0.139. The quantitative estimate of drug-likeness (QED) is 0.780. The molecule has 2 aromatic carbocycles. The van der Waals surface area contributed by atoms with Gasteiger partial charge in [0, 0.05) is 19.2 Å². The van der Waals surface area contributed by atoms with E-state index in [1.165, 1.54) is 4.90 Å². The third kappa shape index (κ3) is 4.17. The fraction of sp³-hybridized carbons (Fsp3) is 0.273. The number of urea groups is 1. The van der Waals surface area contributed by atoms with E-state index < -0.39 is 12.0 Å². The van der Waals surface area contributed by atoms with Crippen molar-refractivity contribution in [2.45, 2.75) is 19.4 Å². The van der Waals surface area contributed by atoms with Gasteiger partial charge in [-0.3, -0.25) is 0 Å². The summed E-state index contributed by atoms with van der Waals surface area (Å²) in [4.78, 5) is 26.6. The Morgan fingerprint density at radius 1 is 1.11 bits per heavy atom. The fourth-order valence-corrected chi connectivity index (χ4v) is 3.13. The summed E-state index contributed by atoms with van der Waals surface area (Å²) in [6.45, 7) is 2.02. The zero-order valence-corrected chi connectivity index (χ0v) is 16.3. The molecule has 0 radical (unpaired) electrons. The van der Waals surface area contributed by atoms with Crippen molar-refractivity contribution in [2.24, 2.45) is 0 Å². The number of allylic oxidation sites excluding steroid dienone is 1. The highest BCUT2D eigenvalue weighted by atomic mass is 16.5. The van der Waals surface area contributed by atoms with Gasteiger partial charge in [-0.2, -0.15) is 0 Å². The second-order valence-electron chi connectivity index (χ2n) is 6.59. The van der Waals surface area contributed by atoms with Gasteiger partial charge in [0.1, 0.15) is 5.75 Å². The minimum absolute atomic E-state index is 0.265. The second-order valence-corrected chi connectivity index (χ2v) is 6.59. The summed E-state index contributed by atoms with van der Waals surface area (Å²) in [5.41, 5.74) is 2.90. The highest BCUT2D eigenvalue weighted by molar-refractivity contribution is 5.95. The number of methoxy groups -OCH3 is 1. The Bertz CT molecular complexity index is 875. The van der Waals surface area contributed by atoms with Gasteiger partial charge < -0.3 is 19.7 Å². The van der Waals surface area contributed by atoms with Gasteiger partial charge in [-0.1, -0.05) is 42.5 Å². The number of hydrogen-bond donors (Lipinski definition) is 1. The summed E-state index contributed by atoms with van der Waals surface area (Å²) in [7, 11) is 3.22. The normalized spacial score (nSPS) is 16.6. The molecular weight excluding hydrogens is 356 g/mol. The minimum atomic E-state index is -0.571. The number of nitrogens with zero attached hydrogens (tertiary/aromatic N) is 1. The zero-order valence-electron chi connectivity index (χ0n) is 16.3. The Labute approximate surface area is 164 Å². The van der Waals surface area contributed by atoms with Crippen molar-refractivity contribution in [3.63, 3.8) is 0 Å². The smallest absolute Gasteiger partial charge is 0.338 e.